The fourth-order valence-corrected chi connectivity index (χ4v) is 4.49. The zero-order valence-corrected chi connectivity index (χ0v) is 15.8. The van der Waals surface area contributed by atoms with Crippen molar-refractivity contribution in [1.82, 2.24) is 19.9 Å². The van der Waals surface area contributed by atoms with Crippen LogP contribution in [0.3, 0.4) is 0 Å². The van der Waals surface area contributed by atoms with Crippen LogP contribution in [-0.4, -0.2) is 57.3 Å². The van der Waals surface area contributed by atoms with Gasteiger partial charge in [0.05, 0.1) is 17.5 Å². The number of hydrogen-bond donors (Lipinski definition) is 1. The number of aromatic nitrogens is 3. The first-order valence-electron chi connectivity index (χ1n) is 9.60. The van der Waals surface area contributed by atoms with Crippen molar-refractivity contribution in [2.24, 2.45) is 0 Å². The number of fused-ring (bicyclic) bond motifs is 3. The molecule has 2 aromatic heterocycles. The average molecular weight is 417 g/mol. The minimum absolute atomic E-state index is 0.0348. The van der Waals surface area contributed by atoms with Crippen LogP contribution in [-0.2, 0) is 0 Å². The van der Waals surface area contributed by atoms with Crippen LogP contribution >= 0.6 is 0 Å². The van der Waals surface area contributed by atoms with Crippen molar-refractivity contribution in [3.05, 3.63) is 48.4 Å². The smallest absolute Gasteiger partial charge is 0.406 e. The van der Waals surface area contributed by atoms with Gasteiger partial charge in [-0.15, -0.1) is 13.2 Å². The molecule has 7 nitrogen and oxygen atoms in total. The van der Waals surface area contributed by atoms with Gasteiger partial charge >= 0.3 is 6.36 Å². The molecule has 156 valence electrons. The Morgan fingerprint density at radius 2 is 1.90 bits per heavy atom. The Balaban J connectivity index is 1.37. The van der Waals surface area contributed by atoms with E-state index in [1.54, 1.807) is 4.90 Å². The first kappa shape index (κ1) is 18.7. The number of anilines is 1. The van der Waals surface area contributed by atoms with E-state index in [1.807, 2.05) is 12.3 Å². The summed E-state index contributed by atoms with van der Waals surface area (Å²) < 4.78 is 41.5. The van der Waals surface area contributed by atoms with E-state index in [-0.39, 0.29) is 23.6 Å². The monoisotopic (exact) mass is 417 g/mol. The second-order valence-electron chi connectivity index (χ2n) is 7.52. The Labute approximate surface area is 169 Å². The number of carbonyl (C=O) groups is 1. The van der Waals surface area contributed by atoms with Crippen LogP contribution < -0.4 is 9.64 Å². The number of rotatable bonds is 3. The number of halogens is 3. The van der Waals surface area contributed by atoms with Crippen LogP contribution in [0.4, 0.5) is 19.0 Å². The summed E-state index contributed by atoms with van der Waals surface area (Å²) in [6.45, 7) is 1.22. The zero-order valence-electron chi connectivity index (χ0n) is 15.8. The van der Waals surface area contributed by atoms with Gasteiger partial charge in [0.2, 0.25) is 0 Å². The van der Waals surface area contributed by atoms with Gasteiger partial charge in [-0.3, -0.25) is 4.79 Å². The van der Waals surface area contributed by atoms with E-state index >= 15 is 0 Å². The molecule has 3 aromatic rings. The van der Waals surface area contributed by atoms with Crippen molar-refractivity contribution in [2.75, 3.05) is 18.0 Å². The lowest BCUT2D eigenvalue weighted by atomic mass is 10.1. The molecule has 1 N–H and O–H groups in total. The highest BCUT2D eigenvalue weighted by Crippen LogP contribution is 2.35. The third kappa shape index (κ3) is 3.31. The number of aromatic amines is 1. The third-order valence-electron chi connectivity index (χ3n) is 5.66. The summed E-state index contributed by atoms with van der Waals surface area (Å²) in [5.41, 5.74) is 0.949. The summed E-state index contributed by atoms with van der Waals surface area (Å²) in [7, 11) is 0. The second-order valence-corrected chi connectivity index (χ2v) is 7.52. The lowest BCUT2D eigenvalue weighted by molar-refractivity contribution is -0.274. The summed E-state index contributed by atoms with van der Waals surface area (Å²) in [6.07, 6.45) is 0.209. The molecule has 0 saturated carbocycles. The molecule has 1 aromatic carbocycles. The normalized spacial score (nSPS) is 21.3. The molecule has 4 heterocycles. The van der Waals surface area contributed by atoms with Crippen molar-refractivity contribution < 1.29 is 22.7 Å². The van der Waals surface area contributed by atoms with E-state index in [2.05, 4.69) is 24.6 Å². The van der Waals surface area contributed by atoms with E-state index in [4.69, 9.17) is 0 Å². The minimum atomic E-state index is -4.80. The lowest BCUT2D eigenvalue weighted by Crippen LogP contribution is -2.56. The molecule has 0 spiro atoms. The number of amides is 1. The van der Waals surface area contributed by atoms with Crippen LogP contribution in [0.5, 0.6) is 5.75 Å². The van der Waals surface area contributed by atoms with Crippen LogP contribution in [0.2, 0.25) is 0 Å². The summed E-state index contributed by atoms with van der Waals surface area (Å²) in [5, 5.41) is 0.925. The highest BCUT2D eigenvalue weighted by atomic mass is 19.4. The maximum Gasteiger partial charge on any atom is 0.573 e. The molecule has 0 aliphatic carbocycles. The Morgan fingerprint density at radius 1 is 1.13 bits per heavy atom. The first-order valence-corrected chi connectivity index (χ1v) is 9.60. The predicted molar refractivity (Wildman–Crippen MR) is 102 cm³/mol. The Hall–Kier alpha value is -3.30. The number of benzene rings is 1. The van der Waals surface area contributed by atoms with Gasteiger partial charge < -0.3 is 19.5 Å². The van der Waals surface area contributed by atoms with Gasteiger partial charge in [-0.2, -0.15) is 0 Å². The summed E-state index contributed by atoms with van der Waals surface area (Å²) in [6, 6.07) is 7.11. The molecule has 0 radical (unpaired) electrons. The fourth-order valence-electron chi connectivity index (χ4n) is 4.49. The molecular formula is C20H18F3N5O2. The molecule has 2 atom stereocenters. The highest BCUT2D eigenvalue weighted by Gasteiger charge is 2.43. The Morgan fingerprint density at radius 3 is 2.63 bits per heavy atom. The number of alkyl halides is 3. The van der Waals surface area contributed by atoms with E-state index in [0.717, 1.165) is 35.8 Å². The van der Waals surface area contributed by atoms with Crippen LogP contribution in [0, 0.1) is 0 Å². The molecule has 10 heteroatoms. The quantitative estimate of drug-likeness (QED) is 0.708. The van der Waals surface area contributed by atoms with Gasteiger partial charge in [-0.25, -0.2) is 9.97 Å². The van der Waals surface area contributed by atoms with Gasteiger partial charge in [-0.1, -0.05) is 6.07 Å². The number of H-pyrrole nitrogens is 1. The van der Waals surface area contributed by atoms with Crippen molar-refractivity contribution >= 4 is 22.8 Å². The van der Waals surface area contributed by atoms with E-state index in [1.165, 1.54) is 24.5 Å². The molecule has 2 aliphatic rings. The molecule has 0 unspecified atom stereocenters. The van der Waals surface area contributed by atoms with Crippen molar-refractivity contribution in [3.8, 4) is 5.75 Å². The number of nitrogens with one attached hydrogen (secondary N) is 1. The first-order chi connectivity index (χ1) is 14.4. The van der Waals surface area contributed by atoms with Crippen LogP contribution in [0.15, 0.2) is 42.9 Å². The molecule has 2 fully saturated rings. The molecule has 2 saturated heterocycles. The number of carbonyl (C=O) groups excluding carboxylic acids is 1. The van der Waals surface area contributed by atoms with Crippen molar-refractivity contribution in [1.29, 1.82) is 0 Å². The predicted octanol–water partition coefficient (Wildman–Crippen LogP) is 3.35. The van der Waals surface area contributed by atoms with Crippen molar-refractivity contribution in [3.63, 3.8) is 0 Å². The highest BCUT2D eigenvalue weighted by molar-refractivity contribution is 5.95. The molecular weight excluding hydrogens is 399 g/mol. The van der Waals surface area contributed by atoms with Crippen LogP contribution in [0.1, 0.15) is 23.2 Å². The third-order valence-corrected chi connectivity index (χ3v) is 5.66. The van der Waals surface area contributed by atoms with Gasteiger partial charge in [0.25, 0.3) is 5.91 Å². The topological polar surface area (TPSA) is 74.3 Å². The lowest BCUT2D eigenvalue weighted by Gasteiger charge is -2.41. The largest absolute Gasteiger partial charge is 0.573 e. The molecule has 2 bridgehead atoms. The number of ether oxygens (including phenoxy) is 1. The van der Waals surface area contributed by atoms with Gasteiger partial charge in [0.15, 0.2) is 0 Å². The van der Waals surface area contributed by atoms with Gasteiger partial charge in [0, 0.05) is 24.8 Å². The van der Waals surface area contributed by atoms with E-state index in [0.29, 0.717) is 13.1 Å². The fraction of sp³-hybridized carbons (Fsp3) is 0.350. The maximum absolute atomic E-state index is 13.1. The van der Waals surface area contributed by atoms with Gasteiger partial charge in [0.1, 0.15) is 23.5 Å². The number of piperazine rings is 1. The SMILES string of the molecule is O=C(c1cccc(OC(F)(F)F)c1)N1[C@@H]2CC[C@@H]1CN(c1ncnc3[nH]ccc13)C2. The molecule has 1 amide bonds. The van der Waals surface area contributed by atoms with E-state index in [9.17, 15) is 18.0 Å². The van der Waals surface area contributed by atoms with Crippen molar-refractivity contribution in [2.45, 2.75) is 31.3 Å². The van der Waals surface area contributed by atoms with E-state index < -0.39 is 12.1 Å². The summed E-state index contributed by atoms with van der Waals surface area (Å²) in [5.74, 6) is 0.158. The standard InChI is InChI=1S/C20H18F3N5O2/c21-20(22,23)30-15-3-1-2-12(8-15)19(29)28-13-4-5-14(28)10-27(9-13)18-16-6-7-24-17(16)25-11-26-18/h1-3,6-8,11,13-14H,4-5,9-10H2,(H,24,25,26)/t13-,14-/m1/s1. The Bertz CT molecular complexity index is 1090. The maximum atomic E-state index is 13.1. The number of hydrogen-bond acceptors (Lipinski definition) is 5. The van der Waals surface area contributed by atoms with Gasteiger partial charge in [-0.05, 0) is 37.1 Å². The minimum Gasteiger partial charge on any atom is -0.406 e. The molecule has 5 rings (SSSR count). The second kappa shape index (κ2) is 6.89. The summed E-state index contributed by atoms with van der Waals surface area (Å²) >= 11 is 0. The summed E-state index contributed by atoms with van der Waals surface area (Å²) in [4.78, 5) is 28.8. The van der Waals surface area contributed by atoms with Crippen LogP contribution in [0.25, 0.3) is 11.0 Å². The zero-order chi connectivity index (χ0) is 20.9. The Kier molecular flexibility index (Phi) is 4.30. The number of nitrogens with zero attached hydrogens (tertiary/aromatic N) is 4. The molecule has 30 heavy (non-hydrogen) atoms. The average Bonchev–Trinajstić information content (AvgIpc) is 3.28. The molecule has 2 aliphatic heterocycles.